The largest absolute Gasteiger partial charge is 0.354 e. The molecule has 112 valence electrons. The highest BCUT2D eigenvalue weighted by molar-refractivity contribution is 5.66. The van der Waals surface area contributed by atoms with Crippen LogP contribution in [0.4, 0.5) is 23.3 Å². The standard InChI is InChI=1S/C12H17N7O2/c1-4-6-13-12-14-8(2)10(19(20)21)11(16-12)15-9-5-7-18(3)17-9/h5,7H,4,6H2,1-3H3,(H2,13,14,15,16,17). The Hall–Kier alpha value is -2.71. The molecule has 0 aliphatic carbocycles. The number of hydrogen-bond acceptors (Lipinski definition) is 7. The summed E-state index contributed by atoms with van der Waals surface area (Å²) < 4.78 is 1.60. The molecule has 0 spiro atoms. The first kappa shape index (κ1) is 14.7. The van der Waals surface area contributed by atoms with Crippen molar-refractivity contribution in [2.24, 2.45) is 7.05 Å². The summed E-state index contributed by atoms with van der Waals surface area (Å²) in [6, 6.07) is 1.71. The molecule has 0 bridgehead atoms. The van der Waals surface area contributed by atoms with Crippen molar-refractivity contribution in [3.63, 3.8) is 0 Å². The van der Waals surface area contributed by atoms with E-state index in [1.807, 2.05) is 6.92 Å². The van der Waals surface area contributed by atoms with Crippen LogP contribution in [0.3, 0.4) is 0 Å². The van der Waals surface area contributed by atoms with Gasteiger partial charge in [0.2, 0.25) is 11.8 Å². The van der Waals surface area contributed by atoms with Crippen LogP contribution in [0.2, 0.25) is 0 Å². The van der Waals surface area contributed by atoms with Crippen LogP contribution in [0, 0.1) is 17.0 Å². The molecular formula is C12H17N7O2. The Balaban J connectivity index is 2.39. The molecule has 2 rings (SSSR count). The van der Waals surface area contributed by atoms with Gasteiger partial charge in [0.15, 0.2) is 5.82 Å². The summed E-state index contributed by atoms with van der Waals surface area (Å²) in [5.74, 6) is 0.975. The summed E-state index contributed by atoms with van der Waals surface area (Å²) in [4.78, 5) is 19.0. The molecular weight excluding hydrogens is 274 g/mol. The molecule has 0 atom stereocenters. The van der Waals surface area contributed by atoms with Crippen molar-refractivity contribution >= 4 is 23.3 Å². The fourth-order valence-electron chi connectivity index (χ4n) is 1.79. The third-order valence-electron chi connectivity index (χ3n) is 2.73. The Morgan fingerprint density at radius 3 is 2.76 bits per heavy atom. The molecule has 9 nitrogen and oxygen atoms in total. The normalized spacial score (nSPS) is 10.4. The highest BCUT2D eigenvalue weighted by atomic mass is 16.6. The molecule has 0 aliphatic rings. The first-order chi connectivity index (χ1) is 10.0. The van der Waals surface area contributed by atoms with Crippen LogP contribution in [0.25, 0.3) is 0 Å². The number of anilines is 3. The average Bonchev–Trinajstić information content (AvgIpc) is 2.80. The number of rotatable bonds is 6. The Morgan fingerprint density at radius 2 is 2.19 bits per heavy atom. The van der Waals surface area contributed by atoms with Crippen molar-refractivity contribution in [2.45, 2.75) is 20.3 Å². The molecule has 2 aromatic heterocycles. The third kappa shape index (κ3) is 3.44. The van der Waals surface area contributed by atoms with Crippen LogP contribution in [-0.4, -0.2) is 31.2 Å². The van der Waals surface area contributed by atoms with E-state index in [4.69, 9.17) is 0 Å². The highest BCUT2D eigenvalue weighted by Crippen LogP contribution is 2.28. The second-order valence-corrected chi connectivity index (χ2v) is 4.51. The fourth-order valence-corrected chi connectivity index (χ4v) is 1.79. The Kier molecular flexibility index (Phi) is 4.31. The van der Waals surface area contributed by atoms with Gasteiger partial charge in [0.1, 0.15) is 5.69 Å². The van der Waals surface area contributed by atoms with E-state index >= 15 is 0 Å². The van der Waals surface area contributed by atoms with Gasteiger partial charge in [-0.2, -0.15) is 10.1 Å². The number of nitrogens with one attached hydrogen (secondary N) is 2. The van der Waals surface area contributed by atoms with Gasteiger partial charge in [0, 0.05) is 25.9 Å². The van der Waals surface area contributed by atoms with Crippen molar-refractivity contribution in [2.75, 3.05) is 17.2 Å². The third-order valence-corrected chi connectivity index (χ3v) is 2.73. The van der Waals surface area contributed by atoms with Crippen molar-refractivity contribution in [3.8, 4) is 0 Å². The summed E-state index contributed by atoms with van der Waals surface area (Å²) in [5, 5.41) is 21.2. The quantitative estimate of drug-likeness (QED) is 0.618. The van der Waals surface area contributed by atoms with E-state index in [0.717, 1.165) is 6.42 Å². The lowest BCUT2D eigenvalue weighted by Gasteiger charge is -2.09. The van der Waals surface area contributed by atoms with E-state index in [1.165, 1.54) is 0 Å². The van der Waals surface area contributed by atoms with Crippen LogP contribution in [0.15, 0.2) is 12.3 Å². The number of aromatic nitrogens is 4. The van der Waals surface area contributed by atoms with Crippen LogP contribution < -0.4 is 10.6 Å². The summed E-state index contributed by atoms with van der Waals surface area (Å²) in [6.07, 6.45) is 2.64. The summed E-state index contributed by atoms with van der Waals surface area (Å²) >= 11 is 0. The van der Waals surface area contributed by atoms with Crippen molar-refractivity contribution in [1.82, 2.24) is 19.7 Å². The van der Waals surface area contributed by atoms with Crippen LogP contribution in [-0.2, 0) is 7.05 Å². The van der Waals surface area contributed by atoms with E-state index in [9.17, 15) is 10.1 Å². The number of nitro groups is 1. The number of nitrogens with zero attached hydrogens (tertiary/aromatic N) is 5. The molecule has 0 saturated carbocycles. The van der Waals surface area contributed by atoms with Gasteiger partial charge < -0.3 is 10.6 Å². The van der Waals surface area contributed by atoms with E-state index in [2.05, 4.69) is 25.7 Å². The Labute approximate surface area is 121 Å². The monoisotopic (exact) mass is 291 g/mol. The van der Waals surface area contributed by atoms with Gasteiger partial charge in [-0.15, -0.1) is 0 Å². The predicted octanol–water partition coefficient (Wildman–Crippen LogP) is 1.99. The number of hydrogen-bond donors (Lipinski definition) is 2. The van der Waals surface area contributed by atoms with Crippen LogP contribution in [0.1, 0.15) is 19.0 Å². The van der Waals surface area contributed by atoms with Gasteiger partial charge in [-0.05, 0) is 13.3 Å². The van der Waals surface area contributed by atoms with E-state index < -0.39 is 4.92 Å². The van der Waals surface area contributed by atoms with Gasteiger partial charge >= 0.3 is 5.69 Å². The highest BCUT2D eigenvalue weighted by Gasteiger charge is 2.22. The van der Waals surface area contributed by atoms with Gasteiger partial charge in [0.25, 0.3) is 0 Å². The molecule has 9 heteroatoms. The zero-order valence-corrected chi connectivity index (χ0v) is 12.1. The van der Waals surface area contributed by atoms with Gasteiger partial charge in [0.05, 0.1) is 4.92 Å². The zero-order chi connectivity index (χ0) is 15.4. The van der Waals surface area contributed by atoms with Gasteiger partial charge in [-0.1, -0.05) is 6.92 Å². The molecule has 2 heterocycles. The van der Waals surface area contributed by atoms with E-state index in [-0.39, 0.29) is 11.5 Å². The van der Waals surface area contributed by atoms with Crippen molar-refractivity contribution in [1.29, 1.82) is 0 Å². The molecule has 0 aromatic carbocycles. The van der Waals surface area contributed by atoms with E-state index in [0.29, 0.717) is 24.0 Å². The lowest BCUT2D eigenvalue weighted by Crippen LogP contribution is -2.10. The Bertz CT molecular complexity index is 653. The first-order valence-corrected chi connectivity index (χ1v) is 6.54. The molecule has 0 amide bonds. The minimum Gasteiger partial charge on any atom is -0.354 e. The predicted molar refractivity (Wildman–Crippen MR) is 78.7 cm³/mol. The van der Waals surface area contributed by atoms with Gasteiger partial charge in [-0.25, -0.2) is 4.98 Å². The molecule has 0 aliphatic heterocycles. The van der Waals surface area contributed by atoms with Crippen LogP contribution in [0.5, 0.6) is 0 Å². The molecule has 21 heavy (non-hydrogen) atoms. The average molecular weight is 291 g/mol. The molecule has 0 saturated heterocycles. The topological polar surface area (TPSA) is 111 Å². The summed E-state index contributed by atoms with van der Waals surface area (Å²) in [7, 11) is 1.76. The van der Waals surface area contributed by atoms with Crippen molar-refractivity contribution in [3.05, 3.63) is 28.1 Å². The minimum atomic E-state index is -0.496. The maximum atomic E-state index is 11.2. The minimum absolute atomic E-state index is 0.129. The molecule has 2 aromatic rings. The lowest BCUT2D eigenvalue weighted by molar-refractivity contribution is -0.385. The fraction of sp³-hybridized carbons (Fsp3) is 0.417. The summed E-state index contributed by atoms with van der Waals surface area (Å²) in [6.45, 7) is 4.29. The van der Waals surface area contributed by atoms with Crippen molar-refractivity contribution < 1.29 is 4.92 Å². The molecule has 0 fully saturated rings. The maximum Gasteiger partial charge on any atom is 0.332 e. The molecule has 2 N–H and O–H groups in total. The van der Waals surface area contributed by atoms with E-state index in [1.54, 1.807) is 30.9 Å². The maximum absolute atomic E-state index is 11.2. The molecule has 0 unspecified atom stereocenters. The van der Waals surface area contributed by atoms with Crippen LogP contribution >= 0.6 is 0 Å². The second kappa shape index (κ2) is 6.16. The molecule has 0 radical (unpaired) electrons. The first-order valence-electron chi connectivity index (χ1n) is 6.54. The SMILES string of the molecule is CCCNc1nc(C)c([N+](=O)[O-])c(Nc2ccn(C)n2)n1. The zero-order valence-electron chi connectivity index (χ0n) is 12.1. The second-order valence-electron chi connectivity index (χ2n) is 4.51. The van der Waals surface area contributed by atoms with Gasteiger partial charge in [-0.3, -0.25) is 14.8 Å². The summed E-state index contributed by atoms with van der Waals surface area (Å²) in [5.41, 5.74) is 0.148. The Morgan fingerprint density at radius 1 is 1.43 bits per heavy atom. The number of aryl methyl sites for hydroxylation is 2. The smallest absolute Gasteiger partial charge is 0.332 e. The lowest BCUT2D eigenvalue weighted by atomic mass is 10.3.